The molecule has 1 aliphatic rings. The Morgan fingerprint density at radius 1 is 1.09 bits per heavy atom. The standard InChI is InChI=1S/C28H31ClN2O4/c1-20(30-15-12-28(2,34)13-16-30)22-5-7-23(8-6-22)26(32)18-31-14-11-25(17-27(31)33)35-19-21-3-9-24(29)10-4-21/h3-11,14,17,20,34H,12-13,15-16,18-19H2,1-2H3. The van der Waals surface area contributed by atoms with Crippen LogP contribution in [-0.2, 0) is 13.2 Å². The number of carbonyl (C=O) groups is 1. The molecule has 2 heterocycles. The lowest BCUT2D eigenvalue weighted by atomic mass is 9.92. The number of hydrogen-bond acceptors (Lipinski definition) is 5. The van der Waals surface area contributed by atoms with E-state index in [1.54, 1.807) is 24.4 Å². The molecule has 4 rings (SSSR count). The van der Waals surface area contributed by atoms with E-state index >= 15 is 0 Å². The van der Waals surface area contributed by atoms with Crippen molar-refractivity contribution in [2.75, 3.05) is 13.1 Å². The second-order valence-corrected chi connectivity index (χ2v) is 9.93. The van der Waals surface area contributed by atoms with Gasteiger partial charge in [-0.1, -0.05) is 48.0 Å². The molecule has 1 saturated heterocycles. The highest BCUT2D eigenvalue weighted by Gasteiger charge is 2.29. The zero-order valence-corrected chi connectivity index (χ0v) is 20.9. The number of aromatic nitrogens is 1. The number of ether oxygens (including phenoxy) is 1. The van der Waals surface area contributed by atoms with Crippen LogP contribution in [0.1, 0.15) is 54.2 Å². The van der Waals surface area contributed by atoms with Crippen molar-refractivity contribution in [3.05, 3.63) is 98.9 Å². The number of rotatable bonds is 8. The first-order valence-corrected chi connectivity index (χ1v) is 12.3. The lowest BCUT2D eigenvalue weighted by Crippen LogP contribution is -2.43. The molecule has 0 aliphatic carbocycles. The molecule has 1 N–H and O–H groups in total. The second kappa shape index (κ2) is 10.8. The highest BCUT2D eigenvalue weighted by atomic mass is 35.5. The number of aliphatic hydroxyl groups is 1. The van der Waals surface area contributed by atoms with E-state index in [-0.39, 0.29) is 23.9 Å². The van der Waals surface area contributed by atoms with Crippen molar-refractivity contribution in [2.24, 2.45) is 0 Å². The third-order valence-corrected chi connectivity index (χ3v) is 6.99. The lowest BCUT2D eigenvalue weighted by Gasteiger charge is -2.39. The Kier molecular flexibility index (Phi) is 7.75. The summed E-state index contributed by atoms with van der Waals surface area (Å²) in [5.74, 6) is 0.321. The number of piperidine rings is 1. The van der Waals surface area contributed by atoms with E-state index in [4.69, 9.17) is 16.3 Å². The van der Waals surface area contributed by atoms with E-state index in [0.29, 0.717) is 22.9 Å². The van der Waals surface area contributed by atoms with Gasteiger partial charge in [-0.2, -0.15) is 0 Å². The summed E-state index contributed by atoms with van der Waals surface area (Å²) in [4.78, 5) is 27.7. The molecule has 0 saturated carbocycles. The summed E-state index contributed by atoms with van der Waals surface area (Å²) in [6.45, 7) is 6.01. The molecule has 184 valence electrons. The Bertz CT molecular complexity index is 1210. The molecule has 0 spiro atoms. The summed E-state index contributed by atoms with van der Waals surface area (Å²) in [6.07, 6.45) is 3.10. The van der Waals surface area contributed by atoms with Crippen LogP contribution in [0.3, 0.4) is 0 Å². The molecule has 1 unspecified atom stereocenters. The Balaban J connectivity index is 1.34. The van der Waals surface area contributed by atoms with Gasteiger partial charge < -0.3 is 14.4 Å². The van der Waals surface area contributed by atoms with E-state index in [9.17, 15) is 14.7 Å². The topological polar surface area (TPSA) is 71.8 Å². The molecular weight excluding hydrogens is 464 g/mol. The van der Waals surface area contributed by atoms with Gasteiger partial charge in [-0.15, -0.1) is 0 Å². The molecular formula is C28H31ClN2O4. The van der Waals surface area contributed by atoms with Gasteiger partial charge in [0.05, 0.1) is 12.1 Å². The molecule has 35 heavy (non-hydrogen) atoms. The molecule has 1 aliphatic heterocycles. The molecule has 1 aromatic heterocycles. The van der Waals surface area contributed by atoms with Gasteiger partial charge in [0.2, 0.25) is 0 Å². The maximum atomic E-state index is 12.8. The normalized spacial score (nSPS) is 16.6. The smallest absolute Gasteiger partial charge is 0.254 e. The molecule has 1 fully saturated rings. The SMILES string of the molecule is CC(c1ccc(C(=O)Cn2ccc(OCc3ccc(Cl)cc3)cc2=O)cc1)N1CCC(C)(O)CC1. The number of nitrogens with zero attached hydrogens (tertiary/aromatic N) is 2. The van der Waals surface area contributed by atoms with E-state index in [2.05, 4.69) is 11.8 Å². The lowest BCUT2D eigenvalue weighted by molar-refractivity contribution is -0.0149. The summed E-state index contributed by atoms with van der Waals surface area (Å²) in [5.41, 5.74) is 1.77. The van der Waals surface area contributed by atoms with Crippen LogP contribution in [0.2, 0.25) is 5.02 Å². The van der Waals surface area contributed by atoms with E-state index in [1.165, 1.54) is 10.6 Å². The monoisotopic (exact) mass is 494 g/mol. The number of hydrogen-bond donors (Lipinski definition) is 1. The van der Waals surface area contributed by atoms with Crippen LogP contribution in [0.5, 0.6) is 5.75 Å². The highest BCUT2D eigenvalue weighted by Crippen LogP contribution is 2.28. The zero-order valence-electron chi connectivity index (χ0n) is 20.1. The van der Waals surface area contributed by atoms with Crippen molar-refractivity contribution in [1.29, 1.82) is 0 Å². The summed E-state index contributed by atoms with van der Waals surface area (Å²) >= 11 is 5.89. The van der Waals surface area contributed by atoms with Gasteiger partial charge in [-0.3, -0.25) is 14.5 Å². The maximum absolute atomic E-state index is 12.8. The minimum absolute atomic E-state index is 0.0353. The molecule has 6 nitrogen and oxygen atoms in total. The summed E-state index contributed by atoms with van der Waals surface area (Å²) < 4.78 is 7.08. The van der Waals surface area contributed by atoms with Gasteiger partial charge in [0.1, 0.15) is 12.4 Å². The highest BCUT2D eigenvalue weighted by molar-refractivity contribution is 6.30. The predicted molar refractivity (Wildman–Crippen MR) is 137 cm³/mol. The van der Waals surface area contributed by atoms with Gasteiger partial charge in [0.15, 0.2) is 5.78 Å². The number of pyridine rings is 1. The third-order valence-electron chi connectivity index (χ3n) is 6.74. The zero-order chi connectivity index (χ0) is 25.0. The van der Waals surface area contributed by atoms with Crippen molar-refractivity contribution in [3.63, 3.8) is 0 Å². The molecule has 1 atom stereocenters. The van der Waals surface area contributed by atoms with Gasteiger partial charge in [0.25, 0.3) is 5.56 Å². The first-order valence-electron chi connectivity index (χ1n) is 11.9. The number of benzene rings is 2. The minimum Gasteiger partial charge on any atom is -0.489 e. The Morgan fingerprint density at radius 2 is 1.74 bits per heavy atom. The van der Waals surface area contributed by atoms with Crippen molar-refractivity contribution < 1.29 is 14.6 Å². The summed E-state index contributed by atoms with van der Waals surface area (Å²) in [6, 6.07) is 18.2. The minimum atomic E-state index is -0.578. The predicted octanol–water partition coefficient (Wildman–Crippen LogP) is 4.87. The second-order valence-electron chi connectivity index (χ2n) is 9.50. The molecule has 3 aromatic rings. The maximum Gasteiger partial charge on any atom is 0.254 e. The Morgan fingerprint density at radius 3 is 2.37 bits per heavy atom. The van der Waals surface area contributed by atoms with Crippen molar-refractivity contribution in [2.45, 2.75) is 51.5 Å². The fourth-order valence-electron chi connectivity index (χ4n) is 4.25. The van der Waals surface area contributed by atoms with E-state index in [1.807, 2.05) is 43.3 Å². The number of Topliss-reactive ketones (excluding diaryl/α,β-unsaturated/α-hetero) is 1. The van der Waals surface area contributed by atoms with Gasteiger partial charge >= 0.3 is 0 Å². The molecule has 0 bridgehead atoms. The van der Waals surface area contributed by atoms with Crippen LogP contribution < -0.4 is 10.3 Å². The number of carbonyl (C=O) groups excluding carboxylic acids is 1. The number of halogens is 1. The largest absolute Gasteiger partial charge is 0.489 e. The first kappa shape index (κ1) is 25.2. The first-order chi connectivity index (χ1) is 16.7. The van der Waals surface area contributed by atoms with Crippen LogP contribution in [0.15, 0.2) is 71.7 Å². The van der Waals surface area contributed by atoms with Crippen LogP contribution in [0, 0.1) is 0 Å². The molecule has 0 amide bonds. The van der Waals surface area contributed by atoms with Crippen molar-refractivity contribution in [3.8, 4) is 5.75 Å². The average molecular weight is 495 g/mol. The van der Waals surface area contributed by atoms with Crippen molar-refractivity contribution in [1.82, 2.24) is 9.47 Å². The summed E-state index contributed by atoms with van der Waals surface area (Å²) in [7, 11) is 0. The van der Waals surface area contributed by atoms with E-state index < -0.39 is 5.60 Å². The van der Waals surface area contributed by atoms with Gasteiger partial charge in [-0.25, -0.2) is 0 Å². The number of ketones is 1. The summed E-state index contributed by atoms with van der Waals surface area (Å²) in [5, 5.41) is 10.8. The van der Waals surface area contributed by atoms with Crippen molar-refractivity contribution >= 4 is 17.4 Å². The van der Waals surface area contributed by atoms with Gasteiger partial charge in [-0.05, 0) is 56.0 Å². The van der Waals surface area contributed by atoms with Crippen LogP contribution in [0.4, 0.5) is 0 Å². The van der Waals surface area contributed by atoms with Crippen LogP contribution in [0.25, 0.3) is 0 Å². The Labute approximate surface area is 210 Å². The van der Waals surface area contributed by atoms with E-state index in [0.717, 1.165) is 37.1 Å². The average Bonchev–Trinajstić information content (AvgIpc) is 2.85. The van der Waals surface area contributed by atoms with Gasteiger partial charge in [0, 0.05) is 42.0 Å². The molecule has 7 heteroatoms. The molecule has 0 radical (unpaired) electrons. The quantitative estimate of drug-likeness (QED) is 0.452. The fraction of sp³-hybridized carbons (Fsp3) is 0.357. The Hall–Kier alpha value is -2.93. The van der Waals surface area contributed by atoms with Crippen LogP contribution in [-0.4, -0.2) is 39.0 Å². The van der Waals surface area contributed by atoms with Crippen LogP contribution >= 0.6 is 11.6 Å². The third kappa shape index (κ3) is 6.60. The number of likely N-dealkylation sites (tertiary alicyclic amines) is 1. The molecule has 2 aromatic carbocycles. The fourth-order valence-corrected chi connectivity index (χ4v) is 4.38.